The van der Waals surface area contributed by atoms with Crippen molar-refractivity contribution in [1.29, 1.82) is 0 Å². The van der Waals surface area contributed by atoms with Gasteiger partial charge in [-0.15, -0.1) is 0 Å². The van der Waals surface area contributed by atoms with Crippen molar-refractivity contribution in [3.63, 3.8) is 0 Å². The second kappa shape index (κ2) is 6.73. The Balaban J connectivity index is 1.98. The fraction of sp³-hybridized carbons (Fsp3) is 0.333. The first-order valence-corrected chi connectivity index (χ1v) is 7.70. The van der Waals surface area contributed by atoms with Crippen LogP contribution in [0.3, 0.4) is 0 Å². The van der Waals surface area contributed by atoms with Crippen LogP contribution in [0.25, 0.3) is 0 Å². The van der Waals surface area contributed by atoms with Crippen LogP contribution in [0.2, 0.25) is 0 Å². The third-order valence-electron chi connectivity index (χ3n) is 4.02. The lowest BCUT2D eigenvalue weighted by molar-refractivity contribution is -0.139. The molecule has 0 aliphatic carbocycles. The van der Waals surface area contributed by atoms with E-state index in [1.807, 2.05) is 18.2 Å². The Morgan fingerprint density at radius 2 is 1.83 bits per heavy atom. The normalized spacial score (nSPS) is 20.2. The number of hydrogen-bond donors (Lipinski definition) is 1. The van der Waals surface area contributed by atoms with E-state index >= 15 is 0 Å². The van der Waals surface area contributed by atoms with Crippen molar-refractivity contribution >= 4 is 0 Å². The summed E-state index contributed by atoms with van der Waals surface area (Å²) in [4.78, 5) is 0. The fourth-order valence-electron chi connectivity index (χ4n) is 2.91. The number of nitrogens with one attached hydrogen (secondary N) is 1. The SMILES string of the molecule is CNC[C@@H]1COc2ccccc2[C@@H]1Oc1ccccc1C(F)(F)F. The van der Waals surface area contributed by atoms with Gasteiger partial charge in [0, 0.05) is 18.0 Å². The molecule has 2 aromatic rings. The summed E-state index contributed by atoms with van der Waals surface area (Å²) in [5.41, 5.74) is -0.00171. The van der Waals surface area contributed by atoms with Gasteiger partial charge in [0.15, 0.2) is 0 Å². The van der Waals surface area contributed by atoms with E-state index in [-0.39, 0.29) is 11.7 Å². The summed E-state index contributed by atoms with van der Waals surface area (Å²) in [5.74, 6) is 0.401. The number of ether oxygens (including phenoxy) is 2. The molecule has 0 unspecified atom stereocenters. The maximum atomic E-state index is 13.2. The van der Waals surface area contributed by atoms with Gasteiger partial charge in [0.05, 0.1) is 12.2 Å². The molecule has 1 heterocycles. The highest BCUT2D eigenvalue weighted by Gasteiger charge is 2.37. The van der Waals surface area contributed by atoms with Crippen LogP contribution in [-0.4, -0.2) is 20.2 Å². The van der Waals surface area contributed by atoms with E-state index in [1.165, 1.54) is 12.1 Å². The zero-order valence-corrected chi connectivity index (χ0v) is 13.1. The van der Waals surface area contributed by atoms with E-state index in [0.29, 0.717) is 18.9 Å². The van der Waals surface area contributed by atoms with Gasteiger partial charge < -0.3 is 14.8 Å². The Morgan fingerprint density at radius 3 is 2.58 bits per heavy atom. The smallest absolute Gasteiger partial charge is 0.419 e. The lowest BCUT2D eigenvalue weighted by Crippen LogP contribution is -2.36. The van der Waals surface area contributed by atoms with Crippen LogP contribution in [0.15, 0.2) is 48.5 Å². The summed E-state index contributed by atoms with van der Waals surface area (Å²) >= 11 is 0. The number of para-hydroxylation sites is 2. The molecule has 1 aliphatic heterocycles. The van der Waals surface area contributed by atoms with Crippen molar-refractivity contribution in [2.24, 2.45) is 5.92 Å². The van der Waals surface area contributed by atoms with E-state index < -0.39 is 17.8 Å². The van der Waals surface area contributed by atoms with Gasteiger partial charge in [0.2, 0.25) is 0 Å². The quantitative estimate of drug-likeness (QED) is 0.913. The molecule has 3 nitrogen and oxygen atoms in total. The molecule has 0 saturated carbocycles. The van der Waals surface area contributed by atoms with Gasteiger partial charge >= 0.3 is 6.18 Å². The summed E-state index contributed by atoms with van der Waals surface area (Å²) in [5, 5.41) is 3.05. The molecule has 0 aromatic heterocycles. The molecule has 0 radical (unpaired) electrons. The molecule has 0 bridgehead atoms. The molecule has 0 amide bonds. The number of hydrogen-bond acceptors (Lipinski definition) is 3. The van der Waals surface area contributed by atoms with Crippen LogP contribution in [-0.2, 0) is 6.18 Å². The summed E-state index contributed by atoms with van der Waals surface area (Å²) in [6.45, 7) is 0.962. The highest BCUT2D eigenvalue weighted by atomic mass is 19.4. The Hall–Kier alpha value is -2.21. The average molecular weight is 337 g/mol. The minimum absolute atomic E-state index is 0.0915. The molecule has 0 spiro atoms. The first-order valence-electron chi connectivity index (χ1n) is 7.70. The first kappa shape index (κ1) is 16.6. The maximum Gasteiger partial charge on any atom is 0.419 e. The van der Waals surface area contributed by atoms with Gasteiger partial charge in [0.25, 0.3) is 0 Å². The summed E-state index contributed by atoms with van der Waals surface area (Å²) < 4.78 is 51.3. The highest BCUT2D eigenvalue weighted by molar-refractivity contribution is 5.40. The molecule has 1 aliphatic rings. The van der Waals surface area contributed by atoms with E-state index in [1.54, 1.807) is 19.2 Å². The fourth-order valence-corrected chi connectivity index (χ4v) is 2.91. The van der Waals surface area contributed by atoms with Crippen LogP contribution in [0, 0.1) is 5.92 Å². The Bertz CT molecular complexity index is 703. The third-order valence-corrected chi connectivity index (χ3v) is 4.02. The monoisotopic (exact) mass is 337 g/mol. The molecule has 24 heavy (non-hydrogen) atoms. The minimum atomic E-state index is -4.46. The van der Waals surface area contributed by atoms with Crippen molar-refractivity contribution < 1.29 is 22.6 Å². The van der Waals surface area contributed by atoms with E-state index in [2.05, 4.69) is 5.32 Å². The van der Waals surface area contributed by atoms with Crippen LogP contribution in [0.4, 0.5) is 13.2 Å². The molecule has 2 aromatic carbocycles. The van der Waals surface area contributed by atoms with Gasteiger partial charge in [-0.1, -0.05) is 30.3 Å². The van der Waals surface area contributed by atoms with E-state index in [9.17, 15) is 13.2 Å². The third kappa shape index (κ3) is 3.33. The van der Waals surface area contributed by atoms with Crippen LogP contribution in [0.5, 0.6) is 11.5 Å². The summed E-state index contributed by atoms with van der Waals surface area (Å²) in [6.07, 6.45) is -4.97. The summed E-state index contributed by atoms with van der Waals surface area (Å²) in [6, 6.07) is 12.6. The van der Waals surface area contributed by atoms with Gasteiger partial charge in [0.1, 0.15) is 17.6 Å². The molecule has 2 atom stereocenters. The van der Waals surface area contributed by atoms with Crippen molar-refractivity contribution in [3.8, 4) is 11.5 Å². The molecule has 6 heteroatoms. The standard InChI is InChI=1S/C18H18F3NO2/c1-22-10-12-11-23-15-8-4-2-6-13(15)17(12)24-16-9-5-3-7-14(16)18(19,20)21/h2-9,12,17,22H,10-11H2,1H3/t12-,17-/m1/s1. The van der Waals surface area contributed by atoms with Gasteiger partial charge in [-0.2, -0.15) is 13.2 Å². The van der Waals surface area contributed by atoms with Crippen molar-refractivity contribution in [1.82, 2.24) is 5.32 Å². The van der Waals surface area contributed by atoms with Gasteiger partial charge in [-0.3, -0.25) is 0 Å². The molecular formula is C18H18F3NO2. The number of alkyl halides is 3. The largest absolute Gasteiger partial charge is 0.493 e. The lowest BCUT2D eigenvalue weighted by Gasteiger charge is -2.34. The number of benzene rings is 2. The average Bonchev–Trinajstić information content (AvgIpc) is 2.56. The lowest BCUT2D eigenvalue weighted by atomic mass is 9.92. The second-order valence-corrected chi connectivity index (χ2v) is 5.70. The Morgan fingerprint density at radius 1 is 1.12 bits per heavy atom. The minimum Gasteiger partial charge on any atom is -0.493 e. The van der Waals surface area contributed by atoms with Crippen LogP contribution >= 0.6 is 0 Å². The van der Waals surface area contributed by atoms with Crippen molar-refractivity contribution in [2.75, 3.05) is 20.2 Å². The Labute approximate surface area is 138 Å². The second-order valence-electron chi connectivity index (χ2n) is 5.70. The zero-order chi connectivity index (χ0) is 17.2. The van der Waals surface area contributed by atoms with Crippen molar-refractivity contribution in [3.05, 3.63) is 59.7 Å². The zero-order valence-electron chi connectivity index (χ0n) is 13.1. The molecule has 1 N–H and O–H groups in total. The predicted molar refractivity (Wildman–Crippen MR) is 84.2 cm³/mol. The first-order chi connectivity index (χ1) is 11.5. The molecule has 0 saturated heterocycles. The number of rotatable bonds is 4. The highest BCUT2D eigenvalue weighted by Crippen LogP contribution is 2.42. The number of halogens is 3. The van der Waals surface area contributed by atoms with Gasteiger partial charge in [-0.25, -0.2) is 0 Å². The summed E-state index contributed by atoms with van der Waals surface area (Å²) in [7, 11) is 1.79. The molecular weight excluding hydrogens is 319 g/mol. The molecule has 0 fully saturated rings. The van der Waals surface area contributed by atoms with Crippen LogP contribution < -0.4 is 14.8 Å². The Kier molecular flexibility index (Phi) is 4.66. The van der Waals surface area contributed by atoms with E-state index in [0.717, 1.165) is 11.6 Å². The predicted octanol–water partition coefficient (Wildman–Crippen LogP) is 4.05. The van der Waals surface area contributed by atoms with E-state index in [4.69, 9.17) is 9.47 Å². The van der Waals surface area contributed by atoms with Crippen molar-refractivity contribution in [2.45, 2.75) is 12.3 Å². The topological polar surface area (TPSA) is 30.5 Å². The van der Waals surface area contributed by atoms with Gasteiger partial charge in [-0.05, 0) is 25.2 Å². The molecule has 3 rings (SSSR count). The maximum absolute atomic E-state index is 13.2. The van der Waals surface area contributed by atoms with Crippen LogP contribution in [0.1, 0.15) is 17.2 Å². The number of fused-ring (bicyclic) bond motifs is 1. The molecule has 128 valence electrons.